The van der Waals surface area contributed by atoms with Gasteiger partial charge in [0.15, 0.2) is 6.61 Å². The van der Waals surface area contributed by atoms with Crippen LogP contribution in [0.5, 0.6) is 0 Å². The van der Waals surface area contributed by atoms with E-state index >= 15 is 0 Å². The van der Waals surface area contributed by atoms with Crippen LogP contribution in [0.4, 0.5) is 5.69 Å². The lowest BCUT2D eigenvalue weighted by molar-refractivity contribution is -0.146. The molecule has 0 aliphatic heterocycles. The quantitative estimate of drug-likeness (QED) is 0.587. The first-order chi connectivity index (χ1) is 14.5. The number of furan rings is 1. The van der Waals surface area contributed by atoms with Gasteiger partial charge in [0.05, 0.1) is 23.9 Å². The van der Waals surface area contributed by atoms with E-state index in [0.717, 1.165) is 23.8 Å². The third kappa shape index (κ3) is 4.68. The number of hydrogen-bond donors (Lipinski definition) is 2. The number of ether oxygens (including phenoxy) is 1. The Bertz CT molecular complexity index is 1110. The van der Waals surface area contributed by atoms with Crippen LogP contribution in [0, 0.1) is 6.92 Å². The smallest absolute Gasteiger partial charge is 0.310 e. The summed E-state index contributed by atoms with van der Waals surface area (Å²) in [4.78, 5) is 36.7. The molecule has 1 heterocycles. The molecule has 2 N–H and O–H groups in total. The van der Waals surface area contributed by atoms with Gasteiger partial charge in [-0.15, -0.1) is 0 Å². The highest BCUT2D eigenvalue weighted by atomic mass is 16.5. The number of carbonyl (C=O) groups is 3. The number of esters is 1. The van der Waals surface area contributed by atoms with Crippen molar-refractivity contribution in [1.29, 1.82) is 0 Å². The number of carbonyl (C=O) groups excluding carboxylic acids is 3. The average Bonchev–Trinajstić information content (AvgIpc) is 3.46. The average molecular weight is 406 g/mol. The molecular weight excluding hydrogens is 384 g/mol. The van der Waals surface area contributed by atoms with Gasteiger partial charge in [-0.25, -0.2) is 0 Å². The fourth-order valence-electron chi connectivity index (χ4n) is 3.15. The fraction of sp³-hybridized carbons (Fsp3) is 0.261. The van der Waals surface area contributed by atoms with E-state index in [1.54, 1.807) is 24.3 Å². The first kappa shape index (κ1) is 19.7. The molecule has 7 heteroatoms. The highest BCUT2D eigenvalue weighted by Gasteiger charge is 2.25. The number of aryl methyl sites for hydroxylation is 1. The van der Waals surface area contributed by atoms with Gasteiger partial charge in [0.25, 0.3) is 11.8 Å². The normalized spacial score (nSPS) is 13.1. The number of para-hydroxylation sites is 1. The van der Waals surface area contributed by atoms with Gasteiger partial charge in [-0.1, -0.05) is 24.3 Å². The number of anilines is 1. The number of benzene rings is 2. The van der Waals surface area contributed by atoms with Crippen LogP contribution in [-0.2, 0) is 20.7 Å². The topological polar surface area (TPSA) is 97.6 Å². The van der Waals surface area contributed by atoms with Crippen molar-refractivity contribution in [2.75, 3.05) is 11.9 Å². The maximum atomic E-state index is 12.3. The van der Waals surface area contributed by atoms with E-state index in [0.29, 0.717) is 22.4 Å². The molecule has 1 aliphatic carbocycles. The van der Waals surface area contributed by atoms with Crippen LogP contribution >= 0.6 is 0 Å². The lowest BCUT2D eigenvalue weighted by Crippen LogP contribution is -2.28. The Morgan fingerprint density at radius 3 is 2.73 bits per heavy atom. The first-order valence-corrected chi connectivity index (χ1v) is 9.81. The number of hydrogen-bond acceptors (Lipinski definition) is 5. The highest BCUT2D eigenvalue weighted by Crippen LogP contribution is 2.23. The van der Waals surface area contributed by atoms with Crippen LogP contribution < -0.4 is 10.6 Å². The molecule has 154 valence electrons. The molecule has 0 bridgehead atoms. The first-order valence-electron chi connectivity index (χ1n) is 9.81. The Labute approximate surface area is 173 Å². The second kappa shape index (κ2) is 8.41. The third-order valence-electron chi connectivity index (χ3n) is 4.87. The van der Waals surface area contributed by atoms with Gasteiger partial charge in [-0.05, 0) is 43.5 Å². The number of nitrogens with one attached hydrogen (secondary N) is 2. The van der Waals surface area contributed by atoms with Gasteiger partial charge >= 0.3 is 5.97 Å². The molecule has 1 fully saturated rings. The molecule has 7 nitrogen and oxygen atoms in total. The lowest BCUT2D eigenvalue weighted by Gasteiger charge is -2.11. The van der Waals surface area contributed by atoms with E-state index in [-0.39, 0.29) is 18.4 Å². The summed E-state index contributed by atoms with van der Waals surface area (Å²) in [5, 5.41) is 6.38. The van der Waals surface area contributed by atoms with Crippen molar-refractivity contribution in [3.05, 3.63) is 65.4 Å². The van der Waals surface area contributed by atoms with Crippen LogP contribution in [0.15, 0.2) is 53.1 Å². The molecule has 1 aliphatic rings. The Morgan fingerprint density at radius 2 is 1.93 bits per heavy atom. The Morgan fingerprint density at radius 1 is 1.13 bits per heavy atom. The van der Waals surface area contributed by atoms with Crippen LogP contribution in [0.1, 0.15) is 34.3 Å². The summed E-state index contributed by atoms with van der Waals surface area (Å²) in [5.41, 5.74) is 3.24. The van der Waals surface area contributed by atoms with Crippen molar-refractivity contribution >= 4 is 34.4 Å². The largest absolute Gasteiger partial charge is 0.464 e. The van der Waals surface area contributed by atoms with Gasteiger partial charge < -0.3 is 19.8 Å². The van der Waals surface area contributed by atoms with Crippen molar-refractivity contribution in [3.8, 4) is 0 Å². The van der Waals surface area contributed by atoms with Crippen LogP contribution in [-0.4, -0.2) is 30.4 Å². The molecule has 0 atom stereocenters. The van der Waals surface area contributed by atoms with Gasteiger partial charge in [-0.3, -0.25) is 14.4 Å². The zero-order valence-corrected chi connectivity index (χ0v) is 16.6. The van der Waals surface area contributed by atoms with E-state index in [2.05, 4.69) is 10.6 Å². The molecule has 0 radical (unpaired) electrons. The molecule has 0 spiro atoms. The SMILES string of the molecule is Cc1ccc2c(CC(=O)OCC(=O)Nc3ccccc3C(=O)NC3CC3)coc2c1. The zero-order valence-electron chi connectivity index (χ0n) is 16.6. The predicted molar refractivity (Wildman–Crippen MR) is 111 cm³/mol. The van der Waals surface area contributed by atoms with E-state index in [4.69, 9.17) is 9.15 Å². The van der Waals surface area contributed by atoms with E-state index in [1.165, 1.54) is 6.26 Å². The molecule has 2 amide bonds. The van der Waals surface area contributed by atoms with Gasteiger partial charge in [-0.2, -0.15) is 0 Å². The Balaban J connectivity index is 1.32. The summed E-state index contributed by atoms with van der Waals surface area (Å²) in [5.74, 6) is -1.27. The minimum absolute atomic E-state index is 0.00369. The zero-order chi connectivity index (χ0) is 21.1. The monoisotopic (exact) mass is 406 g/mol. The molecule has 4 rings (SSSR count). The molecule has 3 aromatic rings. The number of fused-ring (bicyclic) bond motifs is 1. The summed E-state index contributed by atoms with van der Waals surface area (Å²) in [7, 11) is 0. The van der Waals surface area contributed by atoms with Crippen molar-refractivity contribution in [2.24, 2.45) is 0 Å². The molecule has 30 heavy (non-hydrogen) atoms. The summed E-state index contributed by atoms with van der Waals surface area (Å²) in [6, 6.07) is 12.7. The molecular formula is C23H22N2O5. The summed E-state index contributed by atoms with van der Waals surface area (Å²) < 4.78 is 10.6. The predicted octanol–water partition coefficient (Wildman–Crippen LogP) is 3.36. The molecule has 1 aromatic heterocycles. The van der Waals surface area contributed by atoms with Crippen molar-refractivity contribution < 1.29 is 23.5 Å². The molecule has 0 unspecified atom stereocenters. The molecule has 1 saturated carbocycles. The summed E-state index contributed by atoms with van der Waals surface area (Å²) >= 11 is 0. The third-order valence-corrected chi connectivity index (χ3v) is 4.87. The van der Waals surface area contributed by atoms with Crippen molar-refractivity contribution in [3.63, 3.8) is 0 Å². The van der Waals surface area contributed by atoms with Gasteiger partial charge in [0.1, 0.15) is 5.58 Å². The maximum Gasteiger partial charge on any atom is 0.310 e. The van der Waals surface area contributed by atoms with Gasteiger partial charge in [0.2, 0.25) is 0 Å². The van der Waals surface area contributed by atoms with Crippen LogP contribution in [0.3, 0.4) is 0 Å². The fourth-order valence-corrected chi connectivity index (χ4v) is 3.15. The van der Waals surface area contributed by atoms with Gasteiger partial charge in [0, 0.05) is 17.0 Å². The second-order valence-corrected chi connectivity index (χ2v) is 7.44. The van der Waals surface area contributed by atoms with E-state index < -0.39 is 18.5 Å². The number of rotatable bonds is 7. The Kier molecular flexibility index (Phi) is 5.52. The maximum absolute atomic E-state index is 12.3. The molecule has 2 aromatic carbocycles. The Hall–Kier alpha value is -3.61. The summed E-state index contributed by atoms with van der Waals surface area (Å²) in [6.07, 6.45) is 3.48. The lowest BCUT2D eigenvalue weighted by atomic mass is 10.1. The van der Waals surface area contributed by atoms with Crippen LogP contribution in [0.2, 0.25) is 0 Å². The second-order valence-electron chi connectivity index (χ2n) is 7.44. The summed E-state index contributed by atoms with van der Waals surface area (Å²) in [6.45, 7) is 1.52. The number of amides is 2. The van der Waals surface area contributed by atoms with Crippen molar-refractivity contribution in [2.45, 2.75) is 32.2 Å². The molecule has 0 saturated heterocycles. The van der Waals surface area contributed by atoms with E-state index in [1.807, 2.05) is 25.1 Å². The minimum atomic E-state index is -0.534. The highest BCUT2D eigenvalue weighted by molar-refractivity contribution is 6.04. The van der Waals surface area contributed by atoms with E-state index in [9.17, 15) is 14.4 Å². The van der Waals surface area contributed by atoms with Crippen LogP contribution in [0.25, 0.3) is 11.0 Å². The minimum Gasteiger partial charge on any atom is -0.464 e. The van der Waals surface area contributed by atoms with Crippen molar-refractivity contribution in [1.82, 2.24) is 5.32 Å². The standard InChI is InChI=1S/C23H22N2O5/c1-14-6-9-17-15(12-29-20(17)10-14)11-22(27)30-13-21(26)25-19-5-3-2-4-18(19)23(28)24-16-7-8-16/h2-6,9-10,12,16H,7-8,11,13H2,1H3,(H,24,28)(H,25,26).